The summed E-state index contributed by atoms with van der Waals surface area (Å²) in [5, 5.41) is 2.97. The van der Waals surface area contributed by atoms with Crippen molar-refractivity contribution in [3.8, 4) is 5.75 Å². The topological polar surface area (TPSA) is 79.0 Å². The Hall–Kier alpha value is -4.13. The second kappa shape index (κ2) is 9.62. The van der Waals surface area contributed by atoms with E-state index in [0.29, 0.717) is 36.3 Å². The van der Waals surface area contributed by atoms with Crippen LogP contribution in [0, 0.1) is 0 Å². The van der Waals surface area contributed by atoms with Crippen molar-refractivity contribution in [2.45, 2.75) is 32.0 Å². The Bertz CT molecular complexity index is 1290. The molecule has 1 unspecified atom stereocenters. The van der Waals surface area contributed by atoms with Crippen LogP contribution in [0.3, 0.4) is 0 Å². The predicted molar refractivity (Wildman–Crippen MR) is 132 cm³/mol. The van der Waals surface area contributed by atoms with E-state index in [0.717, 1.165) is 23.3 Å². The summed E-state index contributed by atoms with van der Waals surface area (Å²) >= 11 is 0. The van der Waals surface area contributed by atoms with Crippen molar-refractivity contribution >= 4 is 23.4 Å². The maximum Gasteiger partial charge on any atom is 0.256 e. The number of carbonyl (C=O) groups excluding carboxylic acids is 3. The van der Waals surface area contributed by atoms with Crippen LogP contribution < -0.4 is 15.0 Å². The van der Waals surface area contributed by atoms with Gasteiger partial charge in [-0.2, -0.15) is 0 Å². The molecule has 35 heavy (non-hydrogen) atoms. The smallest absolute Gasteiger partial charge is 0.256 e. The number of hydrogen-bond donors (Lipinski definition) is 1. The molecule has 1 fully saturated rings. The van der Waals surface area contributed by atoms with Crippen molar-refractivity contribution in [1.29, 1.82) is 0 Å². The van der Waals surface area contributed by atoms with Crippen molar-refractivity contribution in [2.75, 3.05) is 18.6 Å². The Morgan fingerprint density at radius 2 is 1.83 bits per heavy atom. The summed E-state index contributed by atoms with van der Waals surface area (Å²) in [5.74, 6) is 0.291. The fourth-order valence-electron chi connectivity index (χ4n) is 4.88. The van der Waals surface area contributed by atoms with Gasteiger partial charge in [0.2, 0.25) is 5.91 Å². The number of methoxy groups -OCH3 is 1. The fraction of sp³-hybridized carbons (Fsp3) is 0.250. The van der Waals surface area contributed by atoms with Crippen LogP contribution >= 0.6 is 0 Å². The molecule has 3 aromatic carbocycles. The molecule has 178 valence electrons. The van der Waals surface area contributed by atoms with Crippen molar-refractivity contribution < 1.29 is 19.1 Å². The molecular formula is C28H27N3O4. The van der Waals surface area contributed by atoms with Crippen molar-refractivity contribution in [2.24, 2.45) is 0 Å². The minimum absolute atomic E-state index is 0.104. The van der Waals surface area contributed by atoms with E-state index >= 15 is 0 Å². The zero-order chi connectivity index (χ0) is 24.4. The Labute approximate surface area is 204 Å². The van der Waals surface area contributed by atoms with Crippen LogP contribution in [0.5, 0.6) is 5.75 Å². The standard InChI is InChI=1S/C28H27N3O4/c1-35-21-10-6-8-19(16-21)17-29-26(32)22-11-3-2-9-20(22)18-31-24-13-5-4-12-23(24)27(33)30-15-7-14-25(30)28(31)34/h2-6,8-13,16,25H,7,14-15,17-18H2,1H3,(H,29,32). The normalized spacial score (nSPS) is 17.0. The summed E-state index contributed by atoms with van der Waals surface area (Å²) < 4.78 is 5.26. The average molecular weight is 470 g/mol. The third kappa shape index (κ3) is 4.37. The molecule has 3 aromatic rings. The summed E-state index contributed by atoms with van der Waals surface area (Å²) in [6.45, 7) is 1.14. The molecule has 2 heterocycles. The lowest BCUT2D eigenvalue weighted by atomic mass is 10.0. The van der Waals surface area contributed by atoms with Crippen LogP contribution in [0.1, 0.15) is 44.7 Å². The monoisotopic (exact) mass is 469 g/mol. The second-order valence-corrected chi connectivity index (χ2v) is 8.79. The van der Waals surface area contributed by atoms with Gasteiger partial charge in [-0.05, 0) is 54.3 Å². The molecule has 2 aliphatic heterocycles. The van der Waals surface area contributed by atoms with E-state index in [-0.39, 0.29) is 24.3 Å². The SMILES string of the molecule is COc1cccc(CNC(=O)c2ccccc2CN2C(=O)C3CCCN3C(=O)c3ccccc32)c1. The van der Waals surface area contributed by atoms with Gasteiger partial charge in [-0.25, -0.2) is 0 Å². The minimum Gasteiger partial charge on any atom is -0.497 e. The van der Waals surface area contributed by atoms with Crippen molar-refractivity contribution in [3.63, 3.8) is 0 Å². The number of nitrogens with zero attached hydrogens (tertiary/aromatic N) is 2. The highest BCUT2D eigenvalue weighted by molar-refractivity contribution is 6.11. The lowest BCUT2D eigenvalue weighted by molar-refractivity contribution is -0.122. The van der Waals surface area contributed by atoms with E-state index in [4.69, 9.17) is 4.74 Å². The number of fused-ring (bicyclic) bond motifs is 2. The van der Waals surface area contributed by atoms with Gasteiger partial charge >= 0.3 is 0 Å². The van der Waals surface area contributed by atoms with Gasteiger partial charge in [0.1, 0.15) is 11.8 Å². The average Bonchev–Trinajstić information content (AvgIpc) is 3.37. The molecule has 0 radical (unpaired) electrons. The van der Waals surface area contributed by atoms with Crippen LogP contribution in [-0.2, 0) is 17.9 Å². The highest BCUT2D eigenvalue weighted by atomic mass is 16.5. The molecule has 2 aliphatic rings. The molecule has 1 atom stereocenters. The van der Waals surface area contributed by atoms with Gasteiger partial charge in [-0.15, -0.1) is 0 Å². The summed E-state index contributed by atoms with van der Waals surface area (Å²) in [4.78, 5) is 43.3. The van der Waals surface area contributed by atoms with Crippen molar-refractivity contribution in [1.82, 2.24) is 10.2 Å². The summed E-state index contributed by atoms with van der Waals surface area (Å²) in [6, 6.07) is 21.6. The highest BCUT2D eigenvalue weighted by Crippen LogP contribution is 2.33. The van der Waals surface area contributed by atoms with Gasteiger partial charge in [0.25, 0.3) is 11.8 Å². The van der Waals surface area contributed by atoms with Crippen LogP contribution in [0.25, 0.3) is 0 Å². The molecule has 5 rings (SSSR count). The largest absolute Gasteiger partial charge is 0.497 e. The molecule has 0 spiro atoms. The number of ether oxygens (including phenoxy) is 1. The number of amides is 3. The first-order valence-corrected chi connectivity index (χ1v) is 11.8. The van der Waals surface area contributed by atoms with Crippen LogP contribution in [0.4, 0.5) is 5.69 Å². The molecule has 0 aliphatic carbocycles. The van der Waals surface area contributed by atoms with E-state index in [9.17, 15) is 14.4 Å². The van der Waals surface area contributed by atoms with Gasteiger partial charge in [-0.3, -0.25) is 14.4 Å². The number of para-hydroxylation sites is 1. The third-order valence-corrected chi connectivity index (χ3v) is 6.67. The molecule has 1 N–H and O–H groups in total. The lowest BCUT2D eigenvalue weighted by Crippen LogP contribution is -2.44. The van der Waals surface area contributed by atoms with E-state index in [1.54, 1.807) is 35.1 Å². The molecule has 1 saturated heterocycles. The van der Waals surface area contributed by atoms with Crippen LogP contribution in [-0.4, -0.2) is 42.3 Å². The zero-order valence-electron chi connectivity index (χ0n) is 19.6. The Morgan fingerprint density at radius 1 is 1.03 bits per heavy atom. The van der Waals surface area contributed by atoms with Crippen LogP contribution in [0.2, 0.25) is 0 Å². The molecule has 7 nitrogen and oxygen atoms in total. The molecule has 0 aromatic heterocycles. The van der Waals surface area contributed by atoms with E-state index in [1.807, 2.05) is 54.6 Å². The quantitative estimate of drug-likeness (QED) is 0.596. The van der Waals surface area contributed by atoms with E-state index in [2.05, 4.69) is 5.32 Å². The molecule has 0 bridgehead atoms. The maximum atomic E-state index is 13.6. The molecule has 3 amide bonds. The number of anilines is 1. The maximum absolute atomic E-state index is 13.6. The first kappa shape index (κ1) is 22.7. The van der Waals surface area contributed by atoms with Gasteiger partial charge in [-0.1, -0.05) is 42.5 Å². The summed E-state index contributed by atoms with van der Waals surface area (Å²) in [5.41, 5.74) is 3.25. The number of rotatable bonds is 6. The van der Waals surface area contributed by atoms with Gasteiger partial charge in [0.05, 0.1) is 24.9 Å². The minimum atomic E-state index is -0.469. The van der Waals surface area contributed by atoms with Crippen molar-refractivity contribution in [3.05, 3.63) is 95.1 Å². The van der Waals surface area contributed by atoms with Gasteiger partial charge < -0.3 is 19.9 Å². The van der Waals surface area contributed by atoms with Crippen LogP contribution in [0.15, 0.2) is 72.8 Å². The molecule has 0 saturated carbocycles. The van der Waals surface area contributed by atoms with Gasteiger partial charge in [0, 0.05) is 18.7 Å². The second-order valence-electron chi connectivity index (χ2n) is 8.79. The van der Waals surface area contributed by atoms with E-state index in [1.165, 1.54) is 0 Å². The predicted octanol–water partition coefficient (Wildman–Crippen LogP) is 3.78. The Balaban J connectivity index is 1.42. The number of carbonyl (C=O) groups is 3. The molecular weight excluding hydrogens is 442 g/mol. The first-order chi connectivity index (χ1) is 17.1. The third-order valence-electron chi connectivity index (χ3n) is 6.67. The first-order valence-electron chi connectivity index (χ1n) is 11.8. The number of hydrogen-bond acceptors (Lipinski definition) is 4. The Kier molecular flexibility index (Phi) is 6.23. The zero-order valence-corrected chi connectivity index (χ0v) is 19.6. The molecule has 7 heteroatoms. The summed E-state index contributed by atoms with van der Waals surface area (Å²) in [6.07, 6.45) is 1.46. The Morgan fingerprint density at radius 3 is 2.69 bits per heavy atom. The van der Waals surface area contributed by atoms with Gasteiger partial charge in [0.15, 0.2) is 0 Å². The number of nitrogens with one attached hydrogen (secondary N) is 1. The number of benzene rings is 3. The van der Waals surface area contributed by atoms with E-state index < -0.39 is 6.04 Å². The summed E-state index contributed by atoms with van der Waals surface area (Å²) in [7, 11) is 1.61. The fourth-order valence-corrected chi connectivity index (χ4v) is 4.88. The highest BCUT2D eigenvalue weighted by Gasteiger charge is 2.42. The lowest BCUT2D eigenvalue weighted by Gasteiger charge is -2.26.